The molecule has 2 aromatic carbocycles. The van der Waals surface area contributed by atoms with E-state index >= 15 is 0 Å². The van der Waals surface area contributed by atoms with Gasteiger partial charge in [-0.15, -0.1) is 0 Å². The van der Waals surface area contributed by atoms with Crippen molar-refractivity contribution in [2.24, 2.45) is 0 Å². The molecule has 2 heterocycles. The molecule has 0 bridgehead atoms. The average Bonchev–Trinajstić information content (AvgIpc) is 3.39. The molecule has 2 aliphatic heterocycles. The van der Waals surface area contributed by atoms with Gasteiger partial charge in [0.2, 0.25) is 0 Å². The highest BCUT2D eigenvalue weighted by Crippen LogP contribution is 2.35. The molecule has 0 radical (unpaired) electrons. The Labute approximate surface area is 196 Å². The third kappa shape index (κ3) is 5.03. The van der Waals surface area contributed by atoms with Crippen molar-refractivity contribution in [1.82, 2.24) is 4.90 Å². The maximum Gasteiger partial charge on any atom is 0.343 e. The second-order valence-corrected chi connectivity index (χ2v) is 9.27. The van der Waals surface area contributed by atoms with Crippen LogP contribution in [0.15, 0.2) is 47.4 Å². The second kappa shape index (κ2) is 9.85. The smallest absolute Gasteiger partial charge is 0.343 e. The van der Waals surface area contributed by atoms with Crippen molar-refractivity contribution < 1.29 is 23.8 Å². The van der Waals surface area contributed by atoms with Gasteiger partial charge in [-0.1, -0.05) is 47.7 Å². The van der Waals surface area contributed by atoms with Gasteiger partial charge in [-0.05, 0) is 55.7 Å². The zero-order chi connectivity index (χ0) is 22.7. The number of thiocarbonyl (C=S) groups is 1. The molecule has 4 rings (SSSR count). The van der Waals surface area contributed by atoms with Crippen LogP contribution in [0.2, 0.25) is 0 Å². The van der Waals surface area contributed by atoms with Crippen molar-refractivity contribution in [3.8, 4) is 11.5 Å². The van der Waals surface area contributed by atoms with Gasteiger partial charge in [-0.25, -0.2) is 4.79 Å². The summed E-state index contributed by atoms with van der Waals surface area (Å²) in [6, 6.07) is 12.3. The van der Waals surface area contributed by atoms with Crippen molar-refractivity contribution in [3.05, 3.63) is 64.1 Å². The number of rotatable bonds is 6. The van der Waals surface area contributed by atoms with Gasteiger partial charge in [0.15, 0.2) is 11.5 Å². The molecule has 0 unspecified atom stereocenters. The monoisotopic (exact) mass is 469 g/mol. The van der Waals surface area contributed by atoms with Gasteiger partial charge in [-0.3, -0.25) is 9.69 Å². The van der Waals surface area contributed by atoms with E-state index < -0.39 is 5.97 Å². The van der Waals surface area contributed by atoms with Gasteiger partial charge >= 0.3 is 5.97 Å². The van der Waals surface area contributed by atoms with Crippen molar-refractivity contribution >= 4 is 46.3 Å². The first-order chi connectivity index (χ1) is 15.4. The van der Waals surface area contributed by atoms with E-state index in [4.69, 9.17) is 26.4 Å². The minimum absolute atomic E-state index is 0.0412. The predicted octanol–water partition coefficient (Wildman–Crippen LogP) is 4.60. The SMILES string of the molecule is COc1cc(/C=C2\SC(=S)N(C[C@H]3CCCO3)C2=O)ccc1OC(=O)c1ccc(C)cc1. The molecule has 166 valence electrons. The Morgan fingerprint density at radius 3 is 2.72 bits per heavy atom. The lowest BCUT2D eigenvalue weighted by Crippen LogP contribution is -2.35. The first-order valence-corrected chi connectivity index (χ1v) is 11.5. The van der Waals surface area contributed by atoms with Crippen molar-refractivity contribution in [1.29, 1.82) is 0 Å². The number of hydrogen-bond acceptors (Lipinski definition) is 7. The molecule has 6 nitrogen and oxygen atoms in total. The Morgan fingerprint density at radius 2 is 2.03 bits per heavy atom. The van der Waals surface area contributed by atoms with E-state index in [2.05, 4.69) is 0 Å². The molecule has 0 aliphatic carbocycles. The van der Waals surface area contributed by atoms with Crippen LogP contribution in [0, 0.1) is 6.92 Å². The number of ether oxygens (including phenoxy) is 3. The zero-order valence-electron chi connectivity index (χ0n) is 17.8. The lowest BCUT2D eigenvalue weighted by Gasteiger charge is -2.18. The summed E-state index contributed by atoms with van der Waals surface area (Å²) in [4.78, 5) is 27.4. The topological polar surface area (TPSA) is 65.1 Å². The molecule has 32 heavy (non-hydrogen) atoms. The summed E-state index contributed by atoms with van der Waals surface area (Å²) in [5, 5.41) is 0. The molecule has 8 heteroatoms. The van der Waals surface area contributed by atoms with Crippen LogP contribution in [0.5, 0.6) is 11.5 Å². The normalized spacial score (nSPS) is 19.6. The molecule has 2 aromatic rings. The molecule has 0 saturated carbocycles. The van der Waals surface area contributed by atoms with Crippen LogP contribution in [-0.4, -0.2) is 47.5 Å². The summed E-state index contributed by atoms with van der Waals surface area (Å²) in [7, 11) is 1.50. The summed E-state index contributed by atoms with van der Waals surface area (Å²) in [5.74, 6) is 0.116. The third-order valence-corrected chi connectivity index (χ3v) is 6.64. The molecule has 2 saturated heterocycles. The maximum atomic E-state index is 12.8. The third-order valence-electron chi connectivity index (χ3n) is 5.26. The van der Waals surface area contributed by atoms with Crippen LogP contribution >= 0.6 is 24.0 Å². The van der Waals surface area contributed by atoms with E-state index in [1.165, 1.54) is 18.9 Å². The maximum absolute atomic E-state index is 12.8. The number of aryl methyl sites for hydroxylation is 1. The second-order valence-electron chi connectivity index (χ2n) is 7.59. The summed E-state index contributed by atoms with van der Waals surface area (Å²) in [5.41, 5.74) is 2.26. The van der Waals surface area contributed by atoms with Crippen molar-refractivity contribution in [2.45, 2.75) is 25.9 Å². The standard InChI is InChI=1S/C24H23NO5S2/c1-15-5-8-17(9-6-15)23(27)30-19-10-7-16(12-20(19)28-2)13-21-22(26)25(24(31)32-21)14-18-4-3-11-29-18/h5-10,12-13,18H,3-4,11,14H2,1-2H3/b21-13-/t18-/m1/s1. The van der Waals surface area contributed by atoms with Gasteiger partial charge in [0, 0.05) is 6.61 Å². The first kappa shape index (κ1) is 22.5. The number of esters is 1. The molecule has 1 amide bonds. The Bertz CT molecular complexity index is 1070. The molecule has 0 spiro atoms. The Balaban J connectivity index is 1.49. The highest BCUT2D eigenvalue weighted by molar-refractivity contribution is 8.26. The predicted molar refractivity (Wildman–Crippen MR) is 128 cm³/mol. The molecule has 0 aromatic heterocycles. The van der Waals surface area contributed by atoms with Crippen LogP contribution < -0.4 is 9.47 Å². The van der Waals surface area contributed by atoms with Crippen LogP contribution in [0.4, 0.5) is 0 Å². The zero-order valence-corrected chi connectivity index (χ0v) is 19.5. The highest BCUT2D eigenvalue weighted by atomic mass is 32.2. The van der Waals surface area contributed by atoms with E-state index in [0.717, 1.165) is 30.6 Å². The number of carbonyl (C=O) groups excluding carboxylic acids is 2. The molecule has 2 aliphatic rings. The first-order valence-electron chi connectivity index (χ1n) is 10.3. The quantitative estimate of drug-likeness (QED) is 0.265. The number of benzene rings is 2. The van der Waals surface area contributed by atoms with Gasteiger partial charge in [0.05, 0.1) is 30.2 Å². The summed E-state index contributed by atoms with van der Waals surface area (Å²) in [6.07, 6.45) is 3.76. The fourth-order valence-electron chi connectivity index (χ4n) is 3.51. The van der Waals surface area contributed by atoms with Gasteiger partial charge in [0.25, 0.3) is 5.91 Å². The Kier molecular flexibility index (Phi) is 6.93. The van der Waals surface area contributed by atoms with E-state index in [1.807, 2.05) is 19.1 Å². The Morgan fingerprint density at radius 1 is 1.25 bits per heavy atom. The summed E-state index contributed by atoms with van der Waals surface area (Å²) < 4.78 is 17.1. The number of hydrogen-bond donors (Lipinski definition) is 0. The number of nitrogens with zero attached hydrogens (tertiary/aromatic N) is 1. The number of carbonyl (C=O) groups is 2. The molecule has 2 fully saturated rings. The molecule has 1 atom stereocenters. The fourth-order valence-corrected chi connectivity index (χ4v) is 4.78. The van der Waals surface area contributed by atoms with Crippen LogP contribution in [0.1, 0.15) is 34.3 Å². The van der Waals surface area contributed by atoms with Crippen molar-refractivity contribution in [3.63, 3.8) is 0 Å². The summed E-state index contributed by atoms with van der Waals surface area (Å²) >= 11 is 6.68. The van der Waals surface area contributed by atoms with Crippen LogP contribution in [-0.2, 0) is 9.53 Å². The van der Waals surface area contributed by atoms with E-state index in [0.29, 0.717) is 32.8 Å². The minimum Gasteiger partial charge on any atom is -0.493 e. The number of thioether (sulfide) groups is 1. The number of amides is 1. The lowest BCUT2D eigenvalue weighted by atomic mass is 10.1. The largest absolute Gasteiger partial charge is 0.493 e. The van der Waals surface area contributed by atoms with Gasteiger partial charge in [0.1, 0.15) is 4.32 Å². The van der Waals surface area contributed by atoms with E-state index in [9.17, 15) is 9.59 Å². The highest BCUT2D eigenvalue weighted by Gasteiger charge is 2.34. The molecule has 0 N–H and O–H groups in total. The molecular formula is C24H23NO5S2. The van der Waals surface area contributed by atoms with Crippen molar-refractivity contribution in [2.75, 3.05) is 20.3 Å². The van der Waals surface area contributed by atoms with E-state index in [-0.39, 0.29) is 12.0 Å². The van der Waals surface area contributed by atoms with Gasteiger partial charge < -0.3 is 14.2 Å². The lowest BCUT2D eigenvalue weighted by molar-refractivity contribution is -0.123. The average molecular weight is 470 g/mol. The van der Waals surface area contributed by atoms with Gasteiger partial charge in [-0.2, -0.15) is 0 Å². The number of methoxy groups -OCH3 is 1. The summed E-state index contributed by atoms with van der Waals surface area (Å²) in [6.45, 7) is 3.17. The van der Waals surface area contributed by atoms with Crippen LogP contribution in [0.3, 0.4) is 0 Å². The Hall–Kier alpha value is -2.68. The minimum atomic E-state index is -0.467. The molecular weight excluding hydrogens is 446 g/mol. The fraction of sp³-hybridized carbons (Fsp3) is 0.292. The van der Waals surface area contributed by atoms with Crippen LogP contribution in [0.25, 0.3) is 6.08 Å². The van der Waals surface area contributed by atoms with E-state index in [1.54, 1.807) is 41.3 Å².